The number of amides is 1. The second-order valence-electron chi connectivity index (χ2n) is 4.75. The topological polar surface area (TPSA) is 86.6 Å². The molecule has 0 spiro atoms. The van der Waals surface area contributed by atoms with Crippen LogP contribution in [-0.2, 0) is 15.2 Å². The van der Waals surface area contributed by atoms with Gasteiger partial charge in [0.15, 0.2) is 0 Å². The van der Waals surface area contributed by atoms with Crippen molar-refractivity contribution in [2.75, 3.05) is 11.5 Å². The molecule has 0 aliphatic carbocycles. The average molecular weight is 297 g/mol. The minimum atomic E-state index is -1.08. The van der Waals surface area contributed by atoms with E-state index in [0.717, 1.165) is 5.56 Å². The fraction of sp³-hybridized carbons (Fsp3) is 0.429. The van der Waals surface area contributed by atoms with Crippen LogP contribution in [0.25, 0.3) is 0 Å². The van der Waals surface area contributed by atoms with Crippen LogP contribution in [0.1, 0.15) is 19.4 Å². The number of thioether (sulfide) groups is 1. The Morgan fingerprint density at radius 1 is 1.35 bits per heavy atom. The van der Waals surface area contributed by atoms with Crippen LogP contribution in [-0.4, -0.2) is 39.6 Å². The minimum absolute atomic E-state index is 0.206. The van der Waals surface area contributed by atoms with Crippen molar-refractivity contribution in [2.45, 2.75) is 25.5 Å². The van der Waals surface area contributed by atoms with Crippen LogP contribution >= 0.6 is 11.8 Å². The number of carbonyl (C=O) groups is 2. The van der Waals surface area contributed by atoms with Crippen LogP contribution in [0.15, 0.2) is 30.3 Å². The highest BCUT2D eigenvalue weighted by atomic mass is 32.2. The van der Waals surface area contributed by atoms with Gasteiger partial charge in [0.2, 0.25) is 5.91 Å². The monoisotopic (exact) mass is 297 g/mol. The van der Waals surface area contributed by atoms with E-state index in [4.69, 9.17) is 5.11 Å². The smallest absolute Gasteiger partial charge is 0.327 e. The zero-order chi connectivity index (χ0) is 15.2. The lowest BCUT2D eigenvalue weighted by molar-refractivity contribution is -0.140. The second-order valence-corrected chi connectivity index (χ2v) is 5.78. The summed E-state index contributed by atoms with van der Waals surface area (Å²) in [4.78, 5) is 21.9. The first-order valence-corrected chi connectivity index (χ1v) is 7.34. The molecule has 110 valence electrons. The van der Waals surface area contributed by atoms with E-state index < -0.39 is 17.6 Å². The van der Waals surface area contributed by atoms with Crippen molar-refractivity contribution in [1.29, 1.82) is 0 Å². The minimum Gasteiger partial charge on any atom is -0.480 e. The summed E-state index contributed by atoms with van der Waals surface area (Å²) in [5.74, 6) is -0.905. The van der Waals surface area contributed by atoms with Crippen LogP contribution in [0.4, 0.5) is 0 Å². The van der Waals surface area contributed by atoms with E-state index in [1.165, 1.54) is 18.7 Å². The number of hydrogen-bond donors (Lipinski definition) is 3. The Bertz CT molecular complexity index is 462. The molecule has 0 saturated carbocycles. The summed E-state index contributed by atoms with van der Waals surface area (Å²) in [5, 5.41) is 21.7. The zero-order valence-corrected chi connectivity index (χ0v) is 12.3. The molecule has 0 saturated heterocycles. The van der Waals surface area contributed by atoms with Gasteiger partial charge in [-0.05, 0) is 12.5 Å². The lowest BCUT2D eigenvalue weighted by Gasteiger charge is -2.24. The van der Waals surface area contributed by atoms with Gasteiger partial charge in [-0.25, -0.2) is 4.79 Å². The predicted octanol–water partition coefficient (Wildman–Crippen LogP) is 1.22. The summed E-state index contributed by atoms with van der Waals surface area (Å²) in [5.41, 5.74) is -0.260. The van der Waals surface area contributed by atoms with Crippen molar-refractivity contribution < 1.29 is 19.8 Å². The number of hydrogen-bond acceptors (Lipinski definition) is 4. The molecule has 1 aromatic carbocycles. The molecule has 20 heavy (non-hydrogen) atoms. The molecule has 0 aromatic heterocycles. The summed E-state index contributed by atoms with van der Waals surface area (Å²) in [6, 6.07) is 8.25. The molecule has 0 fully saturated rings. The number of carbonyl (C=O) groups excluding carboxylic acids is 1. The third kappa shape index (κ3) is 5.22. The van der Waals surface area contributed by atoms with E-state index in [9.17, 15) is 14.7 Å². The first kappa shape index (κ1) is 16.5. The van der Waals surface area contributed by atoms with Gasteiger partial charge in [0, 0.05) is 18.4 Å². The normalized spacial score (nSPS) is 15.2. The van der Waals surface area contributed by atoms with Gasteiger partial charge in [0.25, 0.3) is 0 Å². The maximum Gasteiger partial charge on any atom is 0.327 e. The summed E-state index contributed by atoms with van der Waals surface area (Å²) >= 11 is 1.29. The molecule has 6 heteroatoms. The Morgan fingerprint density at radius 2 is 1.95 bits per heavy atom. The molecule has 0 aliphatic heterocycles. The molecule has 0 radical (unpaired) electrons. The van der Waals surface area contributed by atoms with Gasteiger partial charge in [-0.2, -0.15) is 11.8 Å². The van der Waals surface area contributed by atoms with E-state index in [0.29, 0.717) is 5.75 Å². The first-order valence-electron chi connectivity index (χ1n) is 6.18. The molecule has 0 bridgehead atoms. The lowest BCUT2D eigenvalue weighted by Crippen LogP contribution is -2.41. The third-order valence-corrected chi connectivity index (χ3v) is 4.07. The zero-order valence-electron chi connectivity index (χ0n) is 11.5. The van der Waals surface area contributed by atoms with Crippen molar-refractivity contribution in [3.63, 3.8) is 0 Å². The van der Waals surface area contributed by atoms with Gasteiger partial charge >= 0.3 is 5.97 Å². The Balaban J connectivity index is 2.53. The molecule has 0 aliphatic rings. The van der Waals surface area contributed by atoms with Gasteiger partial charge in [-0.3, -0.25) is 4.79 Å². The molecule has 3 N–H and O–H groups in total. The number of carboxylic acids is 1. The van der Waals surface area contributed by atoms with E-state index in [1.54, 1.807) is 6.92 Å². The molecule has 0 heterocycles. The summed E-state index contributed by atoms with van der Waals surface area (Å²) < 4.78 is 0. The van der Waals surface area contributed by atoms with Gasteiger partial charge in [0.1, 0.15) is 6.04 Å². The Hall–Kier alpha value is -1.53. The molecule has 5 nitrogen and oxygen atoms in total. The first-order chi connectivity index (χ1) is 9.33. The van der Waals surface area contributed by atoms with Gasteiger partial charge in [-0.1, -0.05) is 30.3 Å². The highest BCUT2D eigenvalue weighted by Gasteiger charge is 2.25. The molecular weight excluding hydrogens is 278 g/mol. The van der Waals surface area contributed by atoms with Crippen LogP contribution < -0.4 is 5.32 Å². The van der Waals surface area contributed by atoms with Crippen LogP contribution in [0.2, 0.25) is 0 Å². The SMILES string of the molecule is CC(=O)NC(CSCC(C)(O)c1ccccc1)C(=O)O. The Morgan fingerprint density at radius 3 is 2.45 bits per heavy atom. The molecule has 1 amide bonds. The van der Waals surface area contributed by atoms with E-state index in [-0.39, 0.29) is 11.7 Å². The molecule has 2 atom stereocenters. The van der Waals surface area contributed by atoms with E-state index in [1.807, 2.05) is 30.3 Å². The molecule has 2 unspecified atom stereocenters. The van der Waals surface area contributed by atoms with Crippen molar-refractivity contribution >= 4 is 23.6 Å². The molecule has 1 rings (SSSR count). The average Bonchev–Trinajstić information content (AvgIpc) is 2.38. The third-order valence-electron chi connectivity index (χ3n) is 2.74. The van der Waals surface area contributed by atoms with Crippen LogP contribution in [0.5, 0.6) is 0 Å². The maximum atomic E-state index is 11.0. The van der Waals surface area contributed by atoms with Crippen molar-refractivity contribution in [3.8, 4) is 0 Å². The lowest BCUT2D eigenvalue weighted by atomic mass is 9.99. The fourth-order valence-corrected chi connectivity index (χ4v) is 2.82. The standard InChI is InChI=1S/C14H19NO4S/c1-10(16)15-12(13(17)18)8-20-9-14(2,19)11-6-4-3-5-7-11/h3-7,12,19H,8-9H2,1-2H3,(H,15,16)(H,17,18). The number of aliphatic carboxylic acids is 1. The number of nitrogens with one attached hydrogen (secondary N) is 1. The second kappa shape index (κ2) is 7.31. The largest absolute Gasteiger partial charge is 0.480 e. The van der Waals surface area contributed by atoms with E-state index in [2.05, 4.69) is 5.32 Å². The number of carboxylic acid groups (broad SMARTS) is 1. The van der Waals surface area contributed by atoms with Crippen LogP contribution in [0.3, 0.4) is 0 Å². The van der Waals surface area contributed by atoms with Crippen LogP contribution in [0, 0.1) is 0 Å². The van der Waals surface area contributed by atoms with E-state index >= 15 is 0 Å². The number of benzene rings is 1. The number of rotatable bonds is 7. The molecule has 1 aromatic rings. The summed E-state index contributed by atoms with van der Waals surface area (Å²) in [6.07, 6.45) is 0. The van der Waals surface area contributed by atoms with Crippen molar-refractivity contribution in [1.82, 2.24) is 5.32 Å². The summed E-state index contributed by atoms with van der Waals surface area (Å²) in [7, 11) is 0. The highest BCUT2D eigenvalue weighted by molar-refractivity contribution is 7.99. The fourth-order valence-electron chi connectivity index (χ4n) is 1.68. The van der Waals surface area contributed by atoms with Crippen molar-refractivity contribution in [3.05, 3.63) is 35.9 Å². The molecular formula is C14H19NO4S. The van der Waals surface area contributed by atoms with Gasteiger partial charge in [-0.15, -0.1) is 0 Å². The maximum absolute atomic E-state index is 11.0. The number of aliphatic hydroxyl groups is 1. The van der Waals surface area contributed by atoms with Gasteiger partial charge < -0.3 is 15.5 Å². The highest BCUT2D eigenvalue weighted by Crippen LogP contribution is 2.25. The Kier molecular flexibility index (Phi) is 6.04. The quantitative estimate of drug-likeness (QED) is 0.704. The summed E-state index contributed by atoms with van der Waals surface area (Å²) in [6.45, 7) is 2.96. The Labute approximate surface area is 122 Å². The van der Waals surface area contributed by atoms with Crippen molar-refractivity contribution in [2.24, 2.45) is 0 Å². The van der Waals surface area contributed by atoms with Gasteiger partial charge in [0.05, 0.1) is 5.60 Å². The predicted molar refractivity (Wildman–Crippen MR) is 78.6 cm³/mol.